The Morgan fingerprint density at radius 3 is 2.41 bits per heavy atom. The second kappa shape index (κ2) is 18.6. The highest BCUT2D eigenvalue weighted by atomic mass is 16.5. The standard InChI is InChI=1S/C33H46N4O7/c1-3-43-32(40)21-30(38)36-28(15-16-31(39)37-17-8-5-9-18-37)33(41)44-29(27(34)20-24-11-6-4-7-12-24)23-35-22-25-13-10-14-26(19-25)42-2/h4,6-7,10-14,19,27-29,35H,3,5,8-9,15-18,20-23,34H2,1-2H3,(H,36,38)/t27-,28+,29+/m0/s1. The molecule has 2 aromatic carbocycles. The largest absolute Gasteiger partial charge is 0.497 e. The molecule has 11 nitrogen and oxygen atoms in total. The third kappa shape index (κ3) is 12.0. The van der Waals surface area contributed by atoms with Crippen molar-refractivity contribution in [1.29, 1.82) is 0 Å². The average Bonchev–Trinajstić information content (AvgIpc) is 3.03. The molecule has 0 bridgehead atoms. The first-order chi connectivity index (χ1) is 21.3. The van der Waals surface area contributed by atoms with Gasteiger partial charge in [-0.25, -0.2) is 4.79 Å². The fourth-order valence-corrected chi connectivity index (χ4v) is 5.08. The van der Waals surface area contributed by atoms with Crippen LogP contribution in [0.5, 0.6) is 5.75 Å². The van der Waals surface area contributed by atoms with Crippen LogP contribution in [0.25, 0.3) is 0 Å². The molecule has 1 saturated heterocycles. The molecule has 0 unspecified atom stereocenters. The Bertz CT molecular complexity index is 1200. The van der Waals surface area contributed by atoms with E-state index in [4.69, 9.17) is 19.9 Å². The van der Waals surface area contributed by atoms with Gasteiger partial charge in [-0.1, -0.05) is 42.5 Å². The maximum atomic E-state index is 13.6. The van der Waals surface area contributed by atoms with Crippen LogP contribution in [0, 0.1) is 0 Å². The van der Waals surface area contributed by atoms with Crippen molar-refractivity contribution in [2.45, 2.75) is 76.6 Å². The lowest BCUT2D eigenvalue weighted by Crippen LogP contribution is -2.50. The molecule has 1 aliphatic heterocycles. The van der Waals surface area contributed by atoms with Gasteiger partial charge in [-0.15, -0.1) is 0 Å². The van der Waals surface area contributed by atoms with E-state index < -0.39 is 42.5 Å². The second-order valence-corrected chi connectivity index (χ2v) is 10.9. The Labute approximate surface area is 259 Å². The van der Waals surface area contributed by atoms with E-state index in [1.165, 1.54) is 0 Å². The minimum Gasteiger partial charge on any atom is -0.497 e. The molecular weight excluding hydrogens is 564 g/mol. The number of piperidine rings is 1. The number of nitrogens with one attached hydrogen (secondary N) is 2. The van der Waals surface area contributed by atoms with Crippen LogP contribution in [0.3, 0.4) is 0 Å². The summed E-state index contributed by atoms with van der Waals surface area (Å²) < 4.78 is 16.1. The lowest BCUT2D eigenvalue weighted by molar-refractivity contribution is -0.155. The monoisotopic (exact) mass is 610 g/mol. The summed E-state index contributed by atoms with van der Waals surface area (Å²) in [5.41, 5.74) is 8.56. The van der Waals surface area contributed by atoms with E-state index in [9.17, 15) is 19.2 Å². The molecule has 2 aromatic rings. The van der Waals surface area contributed by atoms with Gasteiger partial charge in [-0.2, -0.15) is 0 Å². The normalized spacial score (nSPS) is 15.0. The van der Waals surface area contributed by atoms with Crippen molar-refractivity contribution in [2.75, 3.05) is 33.4 Å². The summed E-state index contributed by atoms with van der Waals surface area (Å²) in [5.74, 6) is -1.46. The van der Waals surface area contributed by atoms with Crippen LogP contribution in [-0.4, -0.2) is 80.2 Å². The highest BCUT2D eigenvalue weighted by Gasteiger charge is 2.30. The summed E-state index contributed by atoms with van der Waals surface area (Å²) in [6, 6.07) is 15.6. The minimum atomic E-state index is -1.14. The van der Waals surface area contributed by atoms with Crippen molar-refractivity contribution in [1.82, 2.24) is 15.5 Å². The van der Waals surface area contributed by atoms with Gasteiger partial charge >= 0.3 is 11.9 Å². The molecule has 3 atom stereocenters. The number of carbonyl (C=O) groups is 4. The van der Waals surface area contributed by atoms with Crippen LogP contribution in [0.1, 0.15) is 56.6 Å². The van der Waals surface area contributed by atoms with Gasteiger partial charge in [0, 0.05) is 38.6 Å². The Kier molecular flexibility index (Phi) is 14.6. The number of benzene rings is 2. The SMILES string of the molecule is CCOC(=O)CC(=O)N[C@H](CCC(=O)N1CCCCC1)C(=O)O[C@H](CNCc1cccc(OC)c1)[C@@H](N)Cc1ccccc1. The van der Waals surface area contributed by atoms with Crippen molar-refractivity contribution in [3.8, 4) is 5.75 Å². The van der Waals surface area contributed by atoms with Crippen LogP contribution < -0.4 is 21.1 Å². The molecule has 11 heteroatoms. The van der Waals surface area contributed by atoms with E-state index in [-0.39, 0.29) is 31.9 Å². The Hall–Kier alpha value is -3.96. The van der Waals surface area contributed by atoms with E-state index in [2.05, 4.69) is 10.6 Å². The maximum absolute atomic E-state index is 13.6. The van der Waals surface area contributed by atoms with E-state index in [1.807, 2.05) is 54.6 Å². The van der Waals surface area contributed by atoms with E-state index in [0.29, 0.717) is 26.1 Å². The molecule has 2 amide bonds. The molecule has 3 rings (SSSR count). The molecule has 0 aliphatic carbocycles. The number of hydrogen-bond donors (Lipinski definition) is 3. The number of hydrogen-bond acceptors (Lipinski definition) is 9. The Balaban J connectivity index is 1.71. The summed E-state index contributed by atoms with van der Waals surface area (Å²) in [6.45, 7) is 3.85. The molecule has 1 fully saturated rings. The third-order valence-corrected chi connectivity index (χ3v) is 7.45. The molecule has 1 aliphatic rings. The fraction of sp³-hybridized carbons (Fsp3) is 0.515. The van der Waals surface area contributed by atoms with Crippen LogP contribution in [0.4, 0.5) is 0 Å². The van der Waals surface area contributed by atoms with Gasteiger partial charge in [0.2, 0.25) is 11.8 Å². The topological polar surface area (TPSA) is 149 Å². The van der Waals surface area contributed by atoms with Crippen molar-refractivity contribution in [3.63, 3.8) is 0 Å². The quantitative estimate of drug-likeness (QED) is 0.181. The maximum Gasteiger partial charge on any atom is 0.329 e. The zero-order valence-electron chi connectivity index (χ0n) is 25.8. The predicted molar refractivity (Wildman–Crippen MR) is 166 cm³/mol. The van der Waals surface area contributed by atoms with Gasteiger partial charge < -0.3 is 35.5 Å². The van der Waals surface area contributed by atoms with Gasteiger partial charge in [0.15, 0.2) is 0 Å². The number of likely N-dealkylation sites (tertiary alicyclic amines) is 1. The van der Waals surface area contributed by atoms with Gasteiger partial charge in [-0.05, 0) is 62.3 Å². The Morgan fingerprint density at radius 2 is 1.70 bits per heavy atom. The first-order valence-corrected chi connectivity index (χ1v) is 15.4. The first-order valence-electron chi connectivity index (χ1n) is 15.4. The van der Waals surface area contributed by atoms with E-state index in [1.54, 1.807) is 18.9 Å². The summed E-state index contributed by atoms with van der Waals surface area (Å²) in [5, 5.41) is 5.91. The number of esters is 2. The number of nitrogens with two attached hydrogens (primary N) is 1. The number of carbonyl (C=O) groups excluding carboxylic acids is 4. The summed E-state index contributed by atoms with van der Waals surface area (Å²) in [7, 11) is 1.60. The second-order valence-electron chi connectivity index (χ2n) is 10.9. The molecular formula is C33H46N4O7. The van der Waals surface area contributed by atoms with Crippen LogP contribution in [0.15, 0.2) is 54.6 Å². The first kappa shape index (κ1) is 34.5. The number of methoxy groups -OCH3 is 1. The number of nitrogens with zero attached hydrogens (tertiary/aromatic N) is 1. The third-order valence-electron chi connectivity index (χ3n) is 7.45. The van der Waals surface area contributed by atoms with Crippen LogP contribution >= 0.6 is 0 Å². The zero-order chi connectivity index (χ0) is 31.7. The lowest BCUT2D eigenvalue weighted by atomic mass is 10.0. The van der Waals surface area contributed by atoms with Crippen LogP contribution in [0.2, 0.25) is 0 Å². The highest BCUT2D eigenvalue weighted by Crippen LogP contribution is 2.15. The molecule has 44 heavy (non-hydrogen) atoms. The van der Waals surface area contributed by atoms with Gasteiger partial charge in [-0.3, -0.25) is 14.4 Å². The van der Waals surface area contributed by atoms with E-state index in [0.717, 1.165) is 36.1 Å². The number of ether oxygens (including phenoxy) is 3. The van der Waals surface area contributed by atoms with Crippen molar-refractivity contribution in [2.24, 2.45) is 5.73 Å². The number of rotatable bonds is 17. The molecule has 4 N–H and O–H groups in total. The molecule has 0 spiro atoms. The number of amides is 2. The lowest BCUT2D eigenvalue weighted by Gasteiger charge is -2.29. The molecule has 0 radical (unpaired) electrons. The van der Waals surface area contributed by atoms with Crippen molar-refractivity contribution >= 4 is 23.8 Å². The average molecular weight is 611 g/mol. The smallest absolute Gasteiger partial charge is 0.329 e. The van der Waals surface area contributed by atoms with Crippen molar-refractivity contribution < 1.29 is 33.4 Å². The summed E-state index contributed by atoms with van der Waals surface area (Å²) >= 11 is 0. The summed E-state index contributed by atoms with van der Waals surface area (Å²) in [6.07, 6.45) is 2.20. The van der Waals surface area contributed by atoms with E-state index >= 15 is 0 Å². The minimum absolute atomic E-state index is 0.0284. The van der Waals surface area contributed by atoms with Crippen LogP contribution in [-0.2, 0) is 41.6 Å². The highest BCUT2D eigenvalue weighted by molar-refractivity contribution is 5.96. The molecule has 0 aromatic heterocycles. The molecule has 1 heterocycles. The summed E-state index contributed by atoms with van der Waals surface area (Å²) in [4.78, 5) is 52.8. The molecule has 0 saturated carbocycles. The Morgan fingerprint density at radius 1 is 0.977 bits per heavy atom. The predicted octanol–water partition coefficient (Wildman–Crippen LogP) is 2.50. The fourth-order valence-electron chi connectivity index (χ4n) is 5.08. The van der Waals surface area contributed by atoms with Gasteiger partial charge in [0.1, 0.15) is 24.3 Å². The van der Waals surface area contributed by atoms with Gasteiger partial charge in [0.25, 0.3) is 0 Å². The zero-order valence-corrected chi connectivity index (χ0v) is 25.8. The molecule has 240 valence electrons. The van der Waals surface area contributed by atoms with Crippen molar-refractivity contribution in [3.05, 3.63) is 65.7 Å². The van der Waals surface area contributed by atoms with Gasteiger partial charge in [0.05, 0.1) is 13.7 Å².